The molecule has 4 rings (SSSR count). The van der Waals surface area contributed by atoms with Gasteiger partial charge in [0.25, 0.3) is 0 Å². The van der Waals surface area contributed by atoms with E-state index in [1.807, 2.05) is 31.2 Å². The smallest absolute Gasteiger partial charge is 0.407 e. The molecule has 1 atom stereocenters. The number of amides is 2. The number of nitrogens with one attached hydrogen (secondary N) is 2. The Balaban J connectivity index is 1.18. The number of alkyl carbamates (subject to hydrolysis) is 1. The summed E-state index contributed by atoms with van der Waals surface area (Å²) in [6.45, 7) is 2.68. The van der Waals surface area contributed by atoms with Crippen molar-refractivity contribution in [1.29, 1.82) is 0 Å². The Bertz CT molecular complexity index is 1020. The molecule has 0 heterocycles. The molecular formula is C28H34N2O5. The molecular weight excluding hydrogens is 444 g/mol. The SMILES string of the molecule is CC(CCC(=O)O)NC(=O)C1CCC(CNC(=O)OCC2c3ccccc3-c3ccccc32)CC1. The molecule has 0 aliphatic heterocycles. The largest absolute Gasteiger partial charge is 0.481 e. The third-order valence-corrected chi connectivity index (χ3v) is 7.28. The Hall–Kier alpha value is -3.35. The van der Waals surface area contributed by atoms with Gasteiger partial charge >= 0.3 is 12.1 Å². The number of hydrogen-bond acceptors (Lipinski definition) is 4. The van der Waals surface area contributed by atoms with Crippen LogP contribution in [0, 0.1) is 11.8 Å². The normalized spacial score (nSPS) is 19.8. The van der Waals surface area contributed by atoms with Gasteiger partial charge in [0.15, 0.2) is 0 Å². The number of rotatable bonds is 9. The first-order valence-electron chi connectivity index (χ1n) is 12.5. The molecule has 7 heteroatoms. The van der Waals surface area contributed by atoms with Crippen molar-refractivity contribution in [2.45, 2.75) is 57.4 Å². The fourth-order valence-electron chi connectivity index (χ4n) is 5.28. The average Bonchev–Trinajstić information content (AvgIpc) is 3.19. The predicted octanol–water partition coefficient (Wildman–Crippen LogP) is 4.70. The number of fused-ring (bicyclic) bond motifs is 3. The Labute approximate surface area is 206 Å². The number of ether oxygens (including phenoxy) is 1. The fraction of sp³-hybridized carbons (Fsp3) is 0.464. The molecule has 0 spiro atoms. The van der Waals surface area contributed by atoms with Gasteiger partial charge in [-0.15, -0.1) is 0 Å². The fourth-order valence-corrected chi connectivity index (χ4v) is 5.28. The highest BCUT2D eigenvalue weighted by atomic mass is 16.5. The first kappa shape index (κ1) is 24.8. The van der Waals surface area contributed by atoms with Gasteiger partial charge in [-0.05, 0) is 67.2 Å². The van der Waals surface area contributed by atoms with Crippen molar-refractivity contribution in [2.75, 3.05) is 13.2 Å². The van der Waals surface area contributed by atoms with Crippen LogP contribution in [0.15, 0.2) is 48.5 Å². The highest BCUT2D eigenvalue weighted by Gasteiger charge is 2.30. The van der Waals surface area contributed by atoms with Gasteiger partial charge in [-0.2, -0.15) is 0 Å². The van der Waals surface area contributed by atoms with Crippen molar-refractivity contribution in [1.82, 2.24) is 10.6 Å². The van der Waals surface area contributed by atoms with Crippen LogP contribution in [0.1, 0.15) is 62.5 Å². The monoisotopic (exact) mass is 478 g/mol. The van der Waals surface area contributed by atoms with Gasteiger partial charge in [0.05, 0.1) is 0 Å². The minimum absolute atomic E-state index is 0.00540. The van der Waals surface area contributed by atoms with Crippen LogP contribution in [0.3, 0.4) is 0 Å². The van der Waals surface area contributed by atoms with Crippen LogP contribution in [0.25, 0.3) is 11.1 Å². The van der Waals surface area contributed by atoms with Gasteiger partial charge in [0, 0.05) is 30.8 Å². The number of hydrogen-bond donors (Lipinski definition) is 3. The van der Waals surface area contributed by atoms with Gasteiger partial charge < -0.3 is 20.5 Å². The Morgan fingerprint density at radius 2 is 1.57 bits per heavy atom. The summed E-state index contributed by atoms with van der Waals surface area (Å²) in [5.74, 6) is -0.529. The third kappa shape index (κ3) is 6.21. The van der Waals surface area contributed by atoms with E-state index in [1.54, 1.807) is 0 Å². The standard InChI is InChI=1S/C28H34N2O5/c1-18(10-15-26(31)32)30-27(33)20-13-11-19(12-14-20)16-29-28(34)35-17-25-23-8-4-2-6-21(23)22-7-3-5-9-24(22)25/h2-9,18-20,25H,10-17H2,1H3,(H,29,34)(H,30,33)(H,31,32). The van der Waals surface area contributed by atoms with Crippen LogP contribution < -0.4 is 10.6 Å². The highest BCUT2D eigenvalue weighted by molar-refractivity contribution is 5.79. The molecule has 0 saturated heterocycles. The van der Waals surface area contributed by atoms with E-state index in [1.165, 1.54) is 22.3 Å². The molecule has 2 aromatic carbocycles. The number of carbonyl (C=O) groups excluding carboxylic acids is 2. The summed E-state index contributed by atoms with van der Waals surface area (Å²) < 4.78 is 5.62. The summed E-state index contributed by atoms with van der Waals surface area (Å²) in [6.07, 6.45) is 3.36. The highest BCUT2D eigenvalue weighted by Crippen LogP contribution is 2.44. The van der Waals surface area contributed by atoms with Gasteiger partial charge in [0.1, 0.15) is 6.61 Å². The molecule has 1 saturated carbocycles. The lowest BCUT2D eigenvalue weighted by Gasteiger charge is -2.28. The summed E-state index contributed by atoms with van der Waals surface area (Å²) in [5, 5.41) is 14.6. The molecule has 2 aliphatic rings. The Morgan fingerprint density at radius 1 is 0.971 bits per heavy atom. The van der Waals surface area contributed by atoms with E-state index in [-0.39, 0.29) is 30.2 Å². The maximum absolute atomic E-state index is 12.5. The first-order chi connectivity index (χ1) is 16.9. The Morgan fingerprint density at radius 3 is 2.17 bits per heavy atom. The van der Waals surface area contributed by atoms with Crippen molar-refractivity contribution < 1.29 is 24.2 Å². The van der Waals surface area contributed by atoms with Crippen molar-refractivity contribution in [3.8, 4) is 11.1 Å². The molecule has 0 aromatic heterocycles. The molecule has 186 valence electrons. The van der Waals surface area contributed by atoms with Crippen molar-refractivity contribution in [2.24, 2.45) is 11.8 Å². The van der Waals surface area contributed by atoms with Crippen molar-refractivity contribution in [3.63, 3.8) is 0 Å². The Kier molecular flexibility index (Phi) is 8.06. The maximum atomic E-state index is 12.5. The molecule has 35 heavy (non-hydrogen) atoms. The lowest BCUT2D eigenvalue weighted by atomic mass is 9.81. The van der Waals surface area contributed by atoms with Crippen molar-refractivity contribution in [3.05, 3.63) is 59.7 Å². The number of carboxylic acids is 1. The summed E-state index contributed by atoms with van der Waals surface area (Å²) in [5.41, 5.74) is 4.79. The van der Waals surface area contributed by atoms with Gasteiger partial charge in [0.2, 0.25) is 5.91 Å². The summed E-state index contributed by atoms with van der Waals surface area (Å²) >= 11 is 0. The van der Waals surface area contributed by atoms with Crippen LogP contribution >= 0.6 is 0 Å². The molecule has 2 aliphatic carbocycles. The van der Waals surface area contributed by atoms with Crippen LogP contribution in [0.2, 0.25) is 0 Å². The number of benzene rings is 2. The minimum Gasteiger partial charge on any atom is -0.481 e. The maximum Gasteiger partial charge on any atom is 0.407 e. The van der Waals surface area contributed by atoms with E-state index in [2.05, 4.69) is 34.9 Å². The zero-order valence-electron chi connectivity index (χ0n) is 20.2. The van der Waals surface area contributed by atoms with Crippen molar-refractivity contribution >= 4 is 18.0 Å². The molecule has 1 unspecified atom stereocenters. The van der Waals surface area contributed by atoms with Crippen LogP contribution in [0.5, 0.6) is 0 Å². The van der Waals surface area contributed by atoms with E-state index < -0.39 is 12.1 Å². The van der Waals surface area contributed by atoms with E-state index in [0.29, 0.717) is 25.5 Å². The lowest BCUT2D eigenvalue weighted by molar-refractivity contribution is -0.137. The quantitative estimate of drug-likeness (QED) is 0.485. The minimum atomic E-state index is -0.851. The van der Waals surface area contributed by atoms with Gasteiger partial charge in [-0.1, -0.05) is 48.5 Å². The van der Waals surface area contributed by atoms with E-state index in [0.717, 1.165) is 25.7 Å². The van der Waals surface area contributed by atoms with E-state index >= 15 is 0 Å². The molecule has 3 N–H and O–H groups in total. The van der Waals surface area contributed by atoms with Crippen LogP contribution in [-0.4, -0.2) is 42.3 Å². The molecule has 0 bridgehead atoms. The second kappa shape index (κ2) is 11.4. The summed E-state index contributed by atoms with van der Waals surface area (Å²) in [4.78, 5) is 35.6. The lowest BCUT2D eigenvalue weighted by Crippen LogP contribution is -2.40. The third-order valence-electron chi connectivity index (χ3n) is 7.28. The number of aliphatic carboxylic acids is 1. The second-order valence-electron chi connectivity index (χ2n) is 9.77. The molecule has 0 radical (unpaired) electrons. The van der Waals surface area contributed by atoms with Gasteiger partial charge in [-0.25, -0.2) is 4.79 Å². The average molecular weight is 479 g/mol. The van der Waals surface area contributed by atoms with Gasteiger partial charge in [-0.3, -0.25) is 9.59 Å². The second-order valence-corrected chi connectivity index (χ2v) is 9.77. The van der Waals surface area contributed by atoms with Crippen LogP contribution in [-0.2, 0) is 14.3 Å². The molecule has 7 nitrogen and oxygen atoms in total. The van der Waals surface area contributed by atoms with E-state index in [4.69, 9.17) is 9.84 Å². The van der Waals surface area contributed by atoms with Crippen LogP contribution in [0.4, 0.5) is 4.79 Å². The van der Waals surface area contributed by atoms with E-state index in [9.17, 15) is 14.4 Å². The summed E-state index contributed by atoms with van der Waals surface area (Å²) in [7, 11) is 0. The zero-order valence-corrected chi connectivity index (χ0v) is 20.2. The topological polar surface area (TPSA) is 105 Å². The number of carbonyl (C=O) groups is 3. The first-order valence-corrected chi connectivity index (χ1v) is 12.5. The molecule has 1 fully saturated rings. The zero-order chi connectivity index (χ0) is 24.8. The molecule has 2 amide bonds. The molecule has 2 aromatic rings. The number of carboxylic acid groups (broad SMARTS) is 1. The predicted molar refractivity (Wildman–Crippen MR) is 133 cm³/mol. The summed E-state index contributed by atoms with van der Waals surface area (Å²) in [6, 6.07) is 16.4.